The standard InChI is InChI=1S/C14H20N2O2/c1-14(8-5-9-18-14)10-16-13(17)12(15)11-6-3-2-4-7-11/h2-4,6-7,12H,5,8-10,15H2,1H3,(H,16,17)/t12-,14?/m0/s1. The number of amides is 1. The van der Waals surface area contributed by atoms with Gasteiger partial charge in [0.05, 0.1) is 5.60 Å². The van der Waals surface area contributed by atoms with Crippen LogP contribution in [0.25, 0.3) is 0 Å². The zero-order chi connectivity index (χ0) is 13.0. The monoisotopic (exact) mass is 248 g/mol. The first-order valence-electron chi connectivity index (χ1n) is 6.33. The van der Waals surface area contributed by atoms with Gasteiger partial charge in [0.25, 0.3) is 0 Å². The number of benzene rings is 1. The van der Waals surface area contributed by atoms with E-state index in [1.807, 2.05) is 37.3 Å². The summed E-state index contributed by atoms with van der Waals surface area (Å²) in [6.45, 7) is 3.32. The van der Waals surface area contributed by atoms with Crippen LogP contribution in [-0.2, 0) is 9.53 Å². The number of hydrogen-bond donors (Lipinski definition) is 2. The first kappa shape index (κ1) is 13.1. The fourth-order valence-corrected chi connectivity index (χ4v) is 2.17. The maximum Gasteiger partial charge on any atom is 0.241 e. The lowest BCUT2D eigenvalue weighted by molar-refractivity contribution is -0.123. The van der Waals surface area contributed by atoms with Gasteiger partial charge in [0.2, 0.25) is 5.91 Å². The Morgan fingerprint density at radius 3 is 2.83 bits per heavy atom. The summed E-state index contributed by atoms with van der Waals surface area (Å²) in [4.78, 5) is 12.0. The quantitative estimate of drug-likeness (QED) is 0.846. The van der Waals surface area contributed by atoms with Crippen molar-refractivity contribution >= 4 is 5.91 Å². The second-order valence-electron chi connectivity index (χ2n) is 5.01. The Bertz CT molecular complexity index is 400. The van der Waals surface area contributed by atoms with Crippen LogP contribution in [0.1, 0.15) is 31.4 Å². The van der Waals surface area contributed by atoms with Crippen molar-refractivity contribution in [3.8, 4) is 0 Å². The van der Waals surface area contributed by atoms with Gasteiger partial charge < -0.3 is 15.8 Å². The van der Waals surface area contributed by atoms with Crippen LogP contribution in [0.2, 0.25) is 0 Å². The highest BCUT2D eigenvalue weighted by Gasteiger charge is 2.30. The Labute approximate surface area is 108 Å². The van der Waals surface area contributed by atoms with Crippen molar-refractivity contribution in [2.45, 2.75) is 31.4 Å². The van der Waals surface area contributed by atoms with Gasteiger partial charge in [0.1, 0.15) is 6.04 Å². The zero-order valence-electron chi connectivity index (χ0n) is 10.7. The molecule has 1 amide bonds. The highest BCUT2D eigenvalue weighted by Crippen LogP contribution is 2.24. The summed E-state index contributed by atoms with van der Waals surface area (Å²) < 4.78 is 5.62. The van der Waals surface area contributed by atoms with Gasteiger partial charge in [-0.1, -0.05) is 30.3 Å². The molecule has 2 atom stereocenters. The van der Waals surface area contributed by atoms with Crippen molar-refractivity contribution in [2.75, 3.05) is 13.2 Å². The molecule has 4 heteroatoms. The van der Waals surface area contributed by atoms with Crippen LogP contribution >= 0.6 is 0 Å². The molecule has 1 aromatic rings. The lowest BCUT2D eigenvalue weighted by Crippen LogP contribution is -2.43. The minimum atomic E-state index is -0.615. The molecule has 0 bridgehead atoms. The SMILES string of the molecule is CC1(CNC(=O)[C@@H](N)c2ccccc2)CCCO1. The summed E-state index contributed by atoms with van der Waals surface area (Å²) in [6.07, 6.45) is 2.03. The molecule has 1 saturated heterocycles. The van der Waals surface area contributed by atoms with Gasteiger partial charge in [-0.15, -0.1) is 0 Å². The van der Waals surface area contributed by atoms with E-state index in [4.69, 9.17) is 10.5 Å². The van der Waals surface area contributed by atoms with Crippen molar-refractivity contribution in [1.29, 1.82) is 0 Å². The van der Waals surface area contributed by atoms with E-state index in [1.165, 1.54) is 0 Å². The Kier molecular flexibility index (Phi) is 3.99. The van der Waals surface area contributed by atoms with E-state index in [-0.39, 0.29) is 11.5 Å². The third-order valence-corrected chi connectivity index (χ3v) is 3.38. The summed E-state index contributed by atoms with van der Waals surface area (Å²) in [5.41, 5.74) is 6.51. The summed E-state index contributed by atoms with van der Waals surface area (Å²) in [5, 5.41) is 2.87. The van der Waals surface area contributed by atoms with E-state index in [2.05, 4.69) is 5.32 Å². The number of ether oxygens (including phenoxy) is 1. The van der Waals surface area contributed by atoms with Gasteiger partial charge in [-0.05, 0) is 25.3 Å². The third kappa shape index (κ3) is 3.09. The summed E-state index contributed by atoms with van der Waals surface area (Å²) in [7, 11) is 0. The van der Waals surface area contributed by atoms with Gasteiger partial charge in [-0.3, -0.25) is 4.79 Å². The maximum absolute atomic E-state index is 12.0. The molecule has 0 aliphatic carbocycles. The molecule has 1 heterocycles. The molecule has 1 aliphatic heterocycles. The minimum Gasteiger partial charge on any atom is -0.373 e. The molecule has 4 nitrogen and oxygen atoms in total. The highest BCUT2D eigenvalue weighted by atomic mass is 16.5. The predicted molar refractivity (Wildman–Crippen MR) is 70.0 cm³/mol. The molecule has 0 radical (unpaired) electrons. The normalized spacial score (nSPS) is 24.8. The van der Waals surface area contributed by atoms with Crippen molar-refractivity contribution < 1.29 is 9.53 Å². The Morgan fingerprint density at radius 2 is 2.22 bits per heavy atom. The Morgan fingerprint density at radius 1 is 1.50 bits per heavy atom. The highest BCUT2D eigenvalue weighted by molar-refractivity contribution is 5.82. The molecule has 0 saturated carbocycles. The summed E-state index contributed by atoms with van der Waals surface area (Å²) in [5.74, 6) is -0.155. The van der Waals surface area contributed by atoms with Crippen LogP contribution in [0, 0.1) is 0 Å². The smallest absolute Gasteiger partial charge is 0.241 e. The van der Waals surface area contributed by atoms with Gasteiger partial charge in [0, 0.05) is 13.2 Å². The fourth-order valence-electron chi connectivity index (χ4n) is 2.17. The number of nitrogens with one attached hydrogen (secondary N) is 1. The molecule has 1 aromatic carbocycles. The molecule has 1 unspecified atom stereocenters. The Hall–Kier alpha value is -1.39. The van der Waals surface area contributed by atoms with Gasteiger partial charge in [0.15, 0.2) is 0 Å². The van der Waals surface area contributed by atoms with Crippen LogP contribution < -0.4 is 11.1 Å². The minimum absolute atomic E-state index is 0.155. The van der Waals surface area contributed by atoms with E-state index >= 15 is 0 Å². The lowest BCUT2D eigenvalue weighted by atomic mass is 10.0. The average Bonchev–Trinajstić information content (AvgIpc) is 2.83. The molecule has 2 rings (SSSR count). The number of hydrogen-bond acceptors (Lipinski definition) is 3. The number of rotatable bonds is 4. The predicted octanol–water partition coefficient (Wildman–Crippen LogP) is 1.37. The molecule has 0 spiro atoms. The van der Waals surface area contributed by atoms with Crippen LogP contribution in [0.5, 0.6) is 0 Å². The van der Waals surface area contributed by atoms with E-state index in [1.54, 1.807) is 0 Å². The largest absolute Gasteiger partial charge is 0.373 e. The van der Waals surface area contributed by atoms with E-state index < -0.39 is 6.04 Å². The van der Waals surface area contributed by atoms with Crippen molar-refractivity contribution in [3.63, 3.8) is 0 Å². The Balaban J connectivity index is 1.88. The second-order valence-corrected chi connectivity index (χ2v) is 5.01. The topological polar surface area (TPSA) is 64.4 Å². The fraction of sp³-hybridized carbons (Fsp3) is 0.500. The molecule has 1 aliphatic rings. The van der Waals surface area contributed by atoms with Crippen molar-refractivity contribution in [2.24, 2.45) is 5.73 Å². The summed E-state index contributed by atoms with van der Waals surface area (Å²) >= 11 is 0. The number of carbonyl (C=O) groups excluding carboxylic acids is 1. The zero-order valence-corrected chi connectivity index (χ0v) is 10.7. The molecular weight excluding hydrogens is 228 g/mol. The first-order valence-corrected chi connectivity index (χ1v) is 6.33. The van der Waals surface area contributed by atoms with Gasteiger partial charge in [-0.25, -0.2) is 0 Å². The lowest BCUT2D eigenvalue weighted by Gasteiger charge is -2.24. The van der Waals surface area contributed by atoms with Crippen LogP contribution in [0.15, 0.2) is 30.3 Å². The molecular formula is C14H20N2O2. The first-order chi connectivity index (χ1) is 8.61. The second kappa shape index (κ2) is 5.50. The van der Waals surface area contributed by atoms with Crippen LogP contribution in [0.3, 0.4) is 0 Å². The number of carbonyl (C=O) groups is 1. The maximum atomic E-state index is 12.0. The van der Waals surface area contributed by atoms with Crippen LogP contribution in [0.4, 0.5) is 0 Å². The molecule has 1 fully saturated rings. The van der Waals surface area contributed by atoms with Gasteiger partial charge >= 0.3 is 0 Å². The molecule has 3 N–H and O–H groups in total. The van der Waals surface area contributed by atoms with E-state index in [0.717, 1.165) is 25.0 Å². The number of nitrogens with two attached hydrogens (primary N) is 1. The molecule has 18 heavy (non-hydrogen) atoms. The van der Waals surface area contributed by atoms with E-state index in [0.29, 0.717) is 6.54 Å². The third-order valence-electron chi connectivity index (χ3n) is 3.38. The van der Waals surface area contributed by atoms with E-state index in [9.17, 15) is 4.79 Å². The van der Waals surface area contributed by atoms with Crippen molar-refractivity contribution in [1.82, 2.24) is 5.32 Å². The van der Waals surface area contributed by atoms with Gasteiger partial charge in [-0.2, -0.15) is 0 Å². The van der Waals surface area contributed by atoms with Crippen molar-refractivity contribution in [3.05, 3.63) is 35.9 Å². The van der Waals surface area contributed by atoms with Crippen LogP contribution in [-0.4, -0.2) is 24.7 Å². The average molecular weight is 248 g/mol. The molecule has 98 valence electrons. The molecule has 0 aromatic heterocycles. The summed E-state index contributed by atoms with van der Waals surface area (Å²) in [6, 6.07) is 8.77.